The van der Waals surface area contributed by atoms with Crippen LogP contribution in [0.15, 0.2) is 61.1 Å². The number of nitrogens with zero attached hydrogens (tertiary/aromatic N) is 6. The van der Waals surface area contributed by atoms with E-state index in [1.807, 2.05) is 41.3 Å². The molecule has 176 valence electrons. The van der Waals surface area contributed by atoms with Crippen LogP contribution in [0, 0.1) is 16.0 Å². The zero-order valence-corrected chi connectivity index (χ0v) is 18.9. The lowest BCUT2D eigenvalue weighted by molar-refractivity contribution is -0.383. The van der Waals surface area contributed by atoms with E-state index < -0.39 is 4.92 Å². The molecule has 1 aromatic carbocycles. The van der Waals surface area contributed by atoms with Gasteiger partial charge in [0.15, 0.2) is 0 Å². The van der Waals surface area contributed by atoms with Crippen molar-refractivity contribution in [2.24, 2.45) is 5.92 Å². The minimum absolute atomic E-state index is 0.171. The Labute approximate surface area is 197 Å². The molecule has 0 N–H and O–H groups in total. The van der Waals surface area contributed by atoms with Crippen molar-refractivity contribution in [2.75, 3.05) is 29.5 Å². The summed E-state index contributed by atoms with van der Waals surface area (Å²) in [6.45, 7) is 3.39. The van der Waals surface area contributed by atoms with Crippen LogP contribution in [0.4, 0.5) is 23.1 Å². The number of nitro groups is 1. The monoisotopic (exact) mass is 462 g/mol. The average molecular weight is 463 g/mol. The molecule has 1 fully saturated rings. The van der Waals surface area contributed by atoms with Crippen LogP contribution in [-0.4, -0.2) is 45.5 Å². The number of anilines is 3. The third-order valence-corrected chi connectivity index (χ3v) is 5.75. The number of carbonyl (C=O) groups excluding carboxylic acids is 1. The first-order valence-corrected chi connectivity index (χ1v) is 11.2. The maximum absolute atomic E-state index is 12.3. The minimum Gasteiger partial charge on any atom is -0.466 e. The molecule has 1 aliphatic heterocycles. The summed E-state index contributed by atoms with van der Waals surface area (Å²) in [4.78, 5) is 40.6. The van der Waals surface area contributed by atoms with Crippen molar-refractivity contribution in [1.29, 1.82) is 0 Å². The van der Waals surface area contributed by atoms with Crippen LogP contribution >= 0.6 is 0 Å². The molecule has 0 amide bonds. The summed E-state index contributed by atoms with van der Waals surface area (Å²) < 4.78 is 5.14. The first-order valence-electron chi connectivity index (χ1n) is 11.2. The highest BCUT2D eigenvalue weighted by atomic mass is 16.6. The van der Waals surface area contributed by atoms with E-state index in [9.17, 15) is 14.9 Å². The highest BCUT2D eigenvalue weighted by molar-refractivity contribution is 5.76. The standard InChI is InChI=1S/C24H26N6O4/c1-2-34-24(31)19-11-14-28(15-12-19)22-21(30(32)33)23(27-17-26-22)29(20-10-6-7-13-25-20)16-18-8-4-3-5-9-18/h3-10,13,17,19H,2,11-12,14-16H2,1H3. The highest BCUT2D eigenvalue weighted by Crippen LogP contribution is 2.39. The number of aromatic nitrogens is 3. The summed E-state index contributed by atoms with van der Waals surface area (Å²) >= 11 is 0. The predicted molar refractivity (Wildman–Crippen MR) is 127 cm³/mol. The van der Waals surface area contributed by atoms with Crippen LogP contribution in [-0.2, 0) is 16.1 Å². The van der Waals surface area contributed by atoms with E-state index in [2.05, 4.69) is 15.0 Å². The van der Waals surface area contributed by atoms with Gasteiger partial charge in [0, 0.05) is 19.3 Å². The fourth-order valence-corrected chi connectivity index (χ4v) is 4.08. The minimum atomic E-state index is -0.441. The van der Waals surface area contributed by atoms with Crippen molar-refractivity contribution < 1.29 is 14.5 Å². The number of hydrogen-bond acceptors (Lipinski definition) is 9. The Balaban J connectivity index is 1.69. The fraction of sp³-hybridized carbons (Fsp3) is 0.333. The Bertz CT molecular complexity index is 1120. The quantitative estimate of drug-likeness (QED) is 0.279. The van der Waals surface area contributed by atoms with Gasteiger partial charge in [0.1, 0.15) is 12.1 Å². The number of carbonyl (C=O) groups is 1. The van der Waals surface area contributed by atoms with Gasteiger partial charge in [-0.25, -0.2) is 15.0 Å². The lowest BCUT2D eigenvalue weighted by atomic mass is 9.97. The molecule has 1 aliphatic rings. The van der Waals surface area contributed by atoms with Gasteiger partial charge in [-0.3, -0.25) is 14.9 Å². The summed E-state index contributed by atoms with van der Waals surface area (Å²) in [5.74, 6) is 0.528. The third kappa shape index (κ3) is 5.11. The number of hydrogen-bond donors (Lipinski definition) is 0. The zero-order valence-electron chi connectivity index (χ0n) is 18.9. The van der Waals surface area contributed by atoms with Gasteiger partial charge in [-0.1, -0.05) is 36.4 Å². The molecule has 0 unspecified atom stereocenters. The van der Waals surface area contributed by atoms with Gasteiger partial charge in [-0.2, -0.15) is 0 Å². The van der Waals surface area contributed by atoms with Gasteiger partial charge in [0.2, 0.25) is 11.6 Å². The van der Waals surface area contributed by atoms with Crippen molar-refractivity contribution in [1.82, 2.24) is 15.0 Å². The van der Waals surface area contributed by atoms with Crippen molar-refractivity contribution in [3.8, 4) is 0 Å². The molecule has 2 aromatic heterocycles. The van der Waals surface area contributed by atoms with Crippen molar-refractivity contribution in [3.63, 3.8) is 0 Å². The molecule has 34 heavy (non-hydrogen) atoms. The van der Waals surface area contributed by atoms with E-state index in [0.29, 0.717) is 44.9 Å². The van der Waals surface area contributed by atoms with E-state index in [-0.39, 0.29) is 29.2 Å². The molecule has 0 radical (unpaired) electrons. The normalized spacial score (nSPS) is 14.0. The summed E-state index contributed by atoms with van der Waals surface area (Å²) in [6, 6.07) is 15.1. The second-order valence-electron chi connectivity index (χ2n) is 7.90. The van der Waals surface area contributed by atoms with Crippen LogP contribution < -0.4 is 9.80 Å². The van der Waals surface area contributed by atoms with Crippen molar-refractivity contribution >= 4 is 29.1 Å². The molecule has 3 heterocycles. The molecule has 10 nitrogen and oxygen atoms in total. The van der Waals surface area contributed by atoms with E-state index in [1.165, 1.54) is 6.33 Å². The number of piperidine rings is 1. The van der Waals surface area contributed by atoms with Crippen LogP contribution in [0.25, 0.3) is 0 Å². The Morgan fingerprint density at radius 3 is 2.50 bits per heavy atom. The molecular formula is C24H26N6O4. The smallest absolute Gasteiger partial charge is 0.354 e. The number of ether oxygens (including phenoxy) is 1. The lowest BCUT2D eigenvalue weighted by Crippen LogP contribution is -2.38. The van der Waals surface area contributed by atoms with Crippen LogP contribution in [0.5, 0.6) is 0 Å². The van der Waals surface area contributed by atoms with Gasteiger partial charge in [0.05, 0.1) is 24.0 Å². The van der Waals surface area contributed by atoms with E-state index in [1.54, 1.807) is 30.2 Å². The summed E-state index contributed by atoms with van der Waals surface area (Å²) in [5, 5.41) is 12.3. The van der Waals surface area contributed by atoms with Crippen LogP contribution in [0.3, 0.4) is 0 Å². The van der Waals surface area contributed by atoms with Gasteiger partial charge in [-0.15, -0.1) is 0 Å². The maximum Gasteiger partial charge on any atom is 0.354 e. The van der Waals surface area contributed by atoms with E-state index in [0.717, 1.165) is 5.56 Å². The maximum atomic E-state index is 12.3. The van der Waals surface area contributed by atoms with E-state index in [4.69, 9.17) is 4.74 Å². The highest BCUT2D eigenvalue weighted by Gasteiger charge is 2.34. The summed E-state index contributed by atoms with van der Waals surface area (Å²) in [6.07, 6.45) is 4.07. The molecular weight excluding hydrogens is 436 g/mol. The van der Waals surface area contributed by atoms with Crippen LogP contribution in [0.2, 0.25) is 0 Å². The molecule has 0 saturated carbocycles. The lowest BCUT2D eigenvalue weighted by Gasteiger charge is -2.32. The predicted octanol–water partition coefficient (Wildman–Crippen LogP) is 3.90. The molecule has 0 bridgehead atoms. The molecule has 0 spiro atoms. The molecule has 0 atom stereocenters. The number of esters is 1. The first-order chi connectivity index (χ1) is 16.6. The van der Waals surface area contributed by atoms with E-state index >= 15 is 0 Å². The fourth-order valence-electron chi connectivity index (χ4n) is 4.08. The Hall–Kier alpha value is -4.08. The van der Waals surface area contributed by atoms with Crippen LogP contribution in [0.1, 0.15) is 25.3 Å². The molecule has 0 aliphatic carbocycles. The third-order valence-electron chi connectivity index (χ3n) is 5.75. The molecule has 1 saturated heterocycles. The Kier molecular flexibility index (Phi) is 7.26. The number of benzene rings is 1. The Morgan fingerprint density at radius 1 is 1.12 bits per heavy atom. The molecule has 10 heteroatoms. The molecule has 3 aromatic rings. The number of pyridine rings is 1. The molecule has 4 rings (SSSR count). The summed E-state index contributed by atoms with van der Waals surface area (Å²) in [7, 11) is 0. The SMILES string of the molecule is CCOC(=O)C1CCN(c2ncnc(N(Cc3ccccc3)c3ccccn3)c2[N+](=O)[O-])CC1. The van der Waals surface area contributed by atoms with Gasteiger partial charge in [-0.05, 0) is 37.5 Å². The van der Waals surface area contributed by atoms with Gasteiger partial charge < -0.3 is 14.5 Å². The second kappa shape index (κ2) is 10.7. The van der Waals surface area contributed by atoms with Crippen molar-refractivity contribution in [3.05, 3.63) is 76.7 Å². The zero-order chi connectivity index (χ0) is 23.9. The van der Waals surface area contributed by atoms with Gasteiger partial charge in [0.25, 0.3) is 0 Å². The number of rotatable bonds is 8. The second-order valence-corrected chi connectivity index (χ2v) is 7.90. The average Bonchev–Trinajstić information content (AvgIpc) is 2.88. The topological polar surface area (TPSA) is 115 Å². The first kappa shape index (κ1) is 23.1. The largest absolute Gasteiger partial charge is 0.466 e. The van der Waals surface area contributed by atoms with Gasteiger partial charge >= 0.3 is 11.7 Å². The summed E-state index contributed by atoms with van der Waals surface area (Å²) in [5.41, 5.74) is 0.775. The van der Waals surface area contributed by atoms with Crippen molar-refractivity contribution in [2.45, 2.75) is 26.3 Å². The Morgan fingerprint density at radius 2 is 1.85 bits per heavy atom.